The molecule has 4 rings (SSSR count). The minimum atomic E-state index is -3.75. The number of ether oxygens (including phenoxy) is 2. The highest BCUT2D eigenvalue weighted by Gasteiger charge is 2.27. The molecule has 1 aliphatic rings. The Bertz CT molecular complexity index is 1350. The fourth-order valence-electron chi connectivity index (χ4n) is 4.15. The van der Waals surface area contributed by atoms with E-state index in [0.29, 0.717) is 18.8 Å². The Kier molecular flexibility index (Phi) is 7.20. The maximum atomic E-state index is 12.9. The zero-order chi connectivity index (χ0) is 25.2. The second kappa shape index (κ2) is 10.2. The SMILES string of the molecule is Cc1ccc(-n2c(C)cc(C(=O)COC(=O)c3cccc(S(=O)(=O)N4CCOCC4)c3)c2C)cc1. The van der Waals surface area contributed by atoms with Crippen LogP contribution in [0.4, 0.5) is 0 Å². The van der Waals surface area contributed by atoms with Gasteiger partial charge in [-0.15, -0.1) is 0 Å². The van der Waals surface area contributed by atoms with E-state index < -0.39 is 22.6 Å². The van der Waals surface area contributed by atoms with Crippen molar-refractivity contribution in [3.8, 4) is 5.69 Å². The van der Waals surface area contributed by atoms with E-state index in [1.165, 1.54) is 28.6 Å². The normalized spacial score (nSPS) is 14.6. The summed E-state index contributed by atoms with van der Waals surface area (Å²) in [5.74, 6) is -1.09. The largest absolute Gasteiger partial charge is 0.454 e. The molecule has 0 bridgehead atoms. The van der Waals surface area contributed by atoms with Gasteiger partial charge in [0, 0.05) is 35.7 Å². The molecule has 9 heteroatoms. The van der Waals surface area contributed by atoms with Gasteiger partial charge in [0.05, 0.1) is 23.7 Å². The van der Waals surface area contributed by atoms with Crippen molar-refractivity contribution >= 4 is 21.8 Å². The number of ketones is 1. The molecular weight excluding hydrogens is 468 g/mol. The highest BCUT2D eigenvalue weighted by atomic mass is 32.2. The molecule has 1 aliphatic heterocycles. The molecule has 184 valence electrons. The van der Waals surface area contributed by atoms with Crippen LogP contribution in [0.25, 0.3) is 5.69 Å². The molecule has 1 aromatic heterocycles. The Morgan fingerprint density at radius 3 is 2.34 bits per heavy atom. The van der Waals surface area contributed by atoms with E-state index in [1.807, 2.05) is 49.6 Å². The first kappa shape index (κ1) is 24.8. The number of hydrogen-bond acceptors (Lipinski definition) is 6. The van der Waals surface area contributed by atoms with Crippen molar-refractivity contribution in [3.05, 3.63) is 82.7 Å². The predicted octanol–water partition coefficient (Wildman–Crippen LogP) is 3.46. The van der Waals surface area contributed by atoms with Crippen molar-refractivity contribution in [1.82, 2.24) is 8.87 Å². The summed E-state index contributed by atoms with van der Waals surface area (Å²) in [6.45, 7) is 6.49. The summed E-state index contributed by atoms with van der Waals surface area (Å²) in [5, 5.41) is 0. The van der Waals surface area contributed by atoms with Gasteiger partial charge in [0.25, 0.3) is 0 Å². The third kappa shape index (κ3) is 5.22. The van der Waals surface area contributed by atoms with Gasteiger partial charge in [-0.05, 0) is 57.2 Å². The Balaban J connectivity index is 1.47. The number of rotatable bonds is 7. The smallest absolute Gasteiger partial charge is 0.338 e. The second-order valence-corrected chi connectivity index (χ2v) is 10.4. The van der Waals surface area contributed by atoms with E-state index in [2.05, 4.69) is 0 Å². The van der Waals surface area contributed by atoms with E-state index in [1.54, 1.807) is 6.07 Å². The number of morpholine rings is 1. The van der Waals surface area contributed by atoms with E-state index in [-0.39, 0.29) is 29.3 Å². The molecule has 2 aromatic carbocycles. The van der Waals surface area contributed by atoms with E-state index in [4.69, 9.17) is 9.47 Å². The van der Waals surface area contributed by atoms with E-state index >= 15 is 0 Å². The maximum Gasteiger partial charge on any atom is 0.338 e. The van der Waals surface area contributed by atoms with Crippen LogP contribution >= 0.6 is 0 Å². The Morgan fingerprint density at radius 2 is 1.66 bits per heavy atom. The van der Waals surface area contributed by atoms with Gasteiger partial charge in [-0.25, -0.2) is 13.2 Å². The fourth-order valence-corrected chi connectivity index (χ4v) is 5.60. The predicted molar refractivity (Wildman–Crippen MR) is 131 cm³/mol. The van der Waals surface area contributed by atoms with Gasteiger partial charge in [-0.3, -0.25) is 4.79 Å². The zero-order valence-electron chi connectivity index (χ0n) is 20.0. The summed E-state index contributed by atoms with van der Waals surface area (Å²) in [6, 6.07) is 15.4. The lowest BCUT2D eigenvalue weighted by Gasteiger charge is -2.26. The lowest BCUT2D eigenvalue weighted by atomic mass is 10.1. The first-order valence-corrected chi connectivity index (χ1v) is 12.8. The summed E-state index contributed by atoms with van der Waals surface area (Å²) in [5.41, 5.74) is 4.27. The third-order valence-corrected chi connectivity index (χ3v) is 7.93. The number of aromatic nitrogens is 1. The van der Waals surface area contributed by atoms with Crippen molar-refractivity contribution in [3.63, 3.8) is 0 Å². The average Bonchev–Trinajstić information content (AvgIpc) is 3.17. The fraction of sp³-hybridized carbons (Fsp3) is 0.308. The summed E-state index contributed by atoms with van der Waals surface area (Å²) in [7, 11) is -3.75. The molecule has 0 saturated carbocycles. The van der Waals surface area contributed by atoms with E-state index in [9.17, 15) is 18.0 Å². The summed E-state index contributed by atoms with van der Waals surface area (Å²) >= 11 is 0. The van der Waals surface area contributed by atoms with Crippen LogP contribution < -0.4 is 0 Å². The molecule has 35 heavy (non-hydrogen) atoms. The molecule has 0 radical (unpaired) electrons. The molecule has 0 atom stereocenters. The molecule has 3 aromatic rings. The number of carbonyl (C=O) groups excluding carboxylic acids is 2. The number of Topliss-reactive ketones (excluding diaryl/α,β-unsaturated/α-hetero) is 1. The van der Waals surface area contributed by atoms with Crippen LogP contribution in [0.1, 0.15) is 37.7 Å². The number of esters is 1. The molecule has 0 amide bonds. The number of hydrogen-bond donors (Lipinski definition) is 0. The van der Waals surface area contributed by atoms with Crippen molar-refractivity contribution < 1.29 is 27.5 Å². The highest BCUT2D eigenvalue weighted by molar-refractivity contribution is 7.89. The Morgan fingerprint density at radius 1 is 0.971 bits per heavy atom. The third-order valence-electron chi connectivity index (χ3n) is 6.04. The first-order chi connectivity index (χ1) is 16.7. The molecule has 0 unspecified atom stereocenters. The number of sulfonamides is 1. The lowest BCUT2D eigenvalue weighted by molar-refractivity contribution is 0.0474. The molecule has 0 spiro atoms. The highest BCUT2D eigenvalue weighted by Crippen LogP contribution is 2.22. The van der Waals surface area contributed by atoms with Gasteiger partial charge < -0.3 is 14.0 Å². The van der Waals surface area contributed by atoms with Crippen LogP contribution in [-0.4, -0.2) is 62.0 Å². The molecule has 1 fully saturated rings. The Hall–Kier alpha value is -3.27. The van der Waals surface area contributed by atoms with Crippen LogP contribution in [0.5, 0.6) is 0 Å². The number of nitrogens with zero attached hydrogens (tertiary/aromatic N) is 2. The zero-order valence-corrected chi connectivity index (χ0v) is 20.8. The van der Waals surface area contributed by atoms with Gasteiger partial charge in [0.15, 0.2) is 6.61 Å². The first-order valence-electron chi connectivity index (χ1n) is 11.3. The van der Waals surface area contributed by atoms with Crippen molar-refractivity contribution in [2.24, 2.45) is 0 Å². The van der Waals surface area contributed by atoms with Crippen LogP contribution in [0.15, 0.2) is 59.5 Å². The number of benzene rings is 2. The number of carbonyl (C=O) groups is 2. The summed E-state index contributed by atoms with van der Waals surface area (Å²) < 4.78 is 39.5. The van der Waals surface area contributed by atoms with Gasteiger partial charge >= 0.3 is 5.97 Å². The van der Waals surface area contributed by atoms with Gasteiger partial charge in [-0.2, -0.15) is 4.31 Å². The van der Waals surface area contributed by atoms with Crippen LogP contribution in [-0.2, 0) is 19.5 Å². The summed E-state index contributed by atoms with van der Waals surface area (Å²) in [6.07, 6.45) is 0. The van der Waals surface area contributed by atoms with Crippen LogP contribution in [0.2, 0.25) is 0 Å². The number of aryl methyl sites for hydroxylation is 2. The average molecular weight is 497 g/mol. The molecule has 0 N–H and O–H groups in total. The van der Waals surface area contributed by atoms with Crippen molar-refractivity contribution in [2.45, 2.75) is 25.7 Å². The quantitative estimate of drug-likeness (QED) is 0.367. The van der Waals surface area contributed by atoms with Crippen molar-refractivity contribution in [1.29, 1.82) is 0 Å². The standard InChI is InChI=1S/C26H28N2O6S/c1-18-7-9-22(10-8-18)28-19(2)15-24(20(28)3)25(29)17-34-26(30)21-5-4-6-23(16-21)35(31,32)27-11-13-33-14-12-27/h4-10,15-16H,11-14,17H2,1-3H3. The van der Waals surface area contributed by atoms with Gasteiger partial charge in [0.1, 0.15) is 0 Å². The second-order valence-electron chi connectivity index (χ2n) is 8.50. The minimum absolute atomic E-state index is 0.00169. The van der Waals surface area contributed by atoms with Crippen LogP contribution in [0, 0.1) is 20.8 Å². The van der Waals surface area contributed by atoms with Gasteiger partial charge in [0.2, 0.25) is 15.8 Å². The lowest BCUT2D eigenvalue weighted by Crippen LogP contribution is -2.40. The molecule has 2 heterocycles. The molecule has 0 aliphatic carbocycles. The minimum Gasteiger partial charge on any atom is -0.454 e. The van der Waals surface area contributed by atoms with Crippen molar-refractivity contribution in [2.75, 3.05) is 32.9 Å². The molecular formula is C26H28N2O6S. The molecule has 1 saturated heterocycles. The summed E-state index contributed by atoms with van der Waals surface area (Å²) in [4.78, 5) is 25.5. The molecule has 8 nitrogen and oxygen atoms in total. The Labute approximate surface area is 205 Å². The maximum absolute atomic E-state index is 12.9. The topological polar surface area (TPSA) is 94.9 Å². The van der Waals surface area contributed by atoms with Crippen LogP contribution in [0.3, 0.4) is 0 Å². The van der Waals surface area contributed by atoms with E-state index in [0.717, 1.165) is 22.6 Å². The van der Waals surface area contributed by atoms with Gasteiger partial charge in [-0.1, -0.05) is 23.8 Å². The monoisotopic (exact) mass is 496 g/mol.